The third-order valence-electron chi connectivity index (χ3n) is 7.40. The summed E-state index contributed by atoms with van der Waals surface area (Å²) in [5, 5.41) is 8.51. The Morgan fingerprint density at radius 3 is 2.41 bits per heavy atom. The molecule has 0 bridgehead atoms. The normalized spacial score (nSPS) is 14.5. The summed E-state index contributed by atoms with van der Waals surface area (Å²) >= 11 is 0. The molecule has 0 aliphatic carbocycles. The van der Waals surface area contributed by atoms with Gasteiger partial charge in [0.15, 0.2) is 11.6 Å². The average Bonchev–Trinajstić information content (AvgIpc) is 3.36. The van der Waals surface area contributed by atoms with Gasteiger partial charge in [0.05, 0.1) is 29.9 Å². The summed E-state index contributed by atoms with van der Waals surface area (Å²) in [6, 6.07) is 6.14. The minimum atomic E-state index is -4.75. The lowest BCUT2D eigenvalue weighted by Crippen LogP contribution is -2.37. The van der Waals surface area contributed by atoms with Gasteiger partial charge >= 0.3 is 12.2 Å². The standard InChI is InChI=1S/C29H26F5N7O3/c30-21-3-2-18(29(32,33)34)12-24(21)39-28(44)38-23-4-1-17(11-22(23)31)20-13-25(41-26(20)27(35)36-15-37-41)16-5-8-40(9-6-16)14-19(43)7-10-42/h1-4,10-13,15-16H,5-9,14H2,(H2,35,36,37)(H2,38,39,44). The molecule has 4 N–H and O–H groups in total. The first-order valence-electron chi connectivity index (χ1n) is 13.5. The number of rotatable bonds is 8. The number of hydrogen-bond donors (Lipinski definition) is 3. The van der Waals surface area contributed by atoms with Gasteiger partial charge in [0.2, 0.25) is 0 Å². The van der Waals surface area contributed by atoms with Gasteiger partial charge < -0.3 is 21.2 Å². The maximum Gasteiger partial charge on any atom is 0.416 e. The van der Waals surface area contributed by atoms with E-state index in [9.17, 15) is 31.9 Å². The molecule has 2 amide bonds. The van der Waals surface area contributed by atoms with E-state index in [2.05, 4.69) is 15.4 Å². The SMILES string of the molecule is Nc1ncnn2c(C3CCN(CC(=O)CC=O)CC3)cc(-c3ccc(NC(=O)Nc4cc(C(F)(F)F)ccc4F)c(F)c3)c12. The van der Waals surface area contributed by atoms with E-state index in [1.165, 1.54) is 18.5 Å². The summed E-state index contributed by atoms with van der Waals surface area (Å²) in [5.74, 6) is -1.92. The number of benzene rings is 2. The first-order valence-corrected chi connectivity index (χ1v) is 13.5. The first kappa shape index (κ1) is 30.5. The zero-order valence-electron chi connectivity index (χ0n) is 23.0. The molecular weight excluding hydrogens is 589 g/mol. The molecule has 5 rings (SSSR count). The number of fused-ring (bicyclic) bond motifs is 1. The summed E-state index contributed by atoms with van der Waals surface area (Å²) in [7, 11) is 0. The lowest BCUT2D eigenvalue weighted by atomic mass is 9.92. The third-order valence-corrected chi connectivity index (χ3v) is 7.40. The molecule has 1 saturated heterocycles. The summed E-state index contributed by atoms with van der Waals surface area (Å²) in [6.45, 7) is 1.45. The molecule has 10 nitrogen and oxygen atoms in total. The number of Topliss-reactive ketones (excluding diaryl/α,β-unsaturated/α-hetero) is 1. The maximum absolute atomic E-state index is 15.2. The Bertz CT molecular complexity index is 1730. The molecule has 1 aliphatic rings. The van der Waals surface area contributed by atoms with E-state index >= 15 is 4.39 Å². The molecule has 1 aliphatic heterocycles. The van der Waals surface area contributed by atoms with Crippen LogP contribution in [0.1, 0.15) is 36.4 Å². The van der Waals surface area contributed by atoms with Crippen molar-refractivity contribution in [3.63, 3.8) is 0 Å². The van der Waals surface area contributed by atoms with Crippen molar-refractivity contribution in [2.75, 3.05) is 36.0 Å². The number of nitrogens with one attached hydrogen (secondary N) is 2. The van der Waals surface area contributed by atoms with E-state index < -0.39 is 35.1 Å². The number of alkyl halides is 3. The van der Waals surface area contributed by atoms with Gasteiger partial charge in [-0.05, 0) is 67.9 Å². The van der Waals surface area contributed by atoms with Crippen LogP contribution in [0.4, 0.5) is 43.9 Å². The monoisotopic (exact) mass is 615 g/mol. The van der Waals surface area contributed by atoms with E-state index in [0.717, 1.165) is 11.8 Å². The van der Waals surface area contributed by atoms with Crippen LogP contribution in [-0.2, 0) is 15.8 Å². The number of carbonyl (C=O) groups excluding carboxylic acids is 3. The number of aldehydes is 1. The smallest absolute Gasteiger partial charge is 0.382 e. The van der Waals surface area contributed by atoms with Gasteiger partial charge in [0, 0.05) is 17.2 Å². The molecule has 2 aromatic carbocycles. The lowest BCUT2D eigenvalue weighted by Gasteiger charge is -2.31. The largest absolute Gasteiger partial charge is 0.416 e. The van der Waals surface area contributed by atoms with Crippen LogP contribution < -0.4 is 16.4 Å². The van der Waals surface area contributed by atoms with Crippen molar-refractivity contribution in [3.8, 4) is 11.1 Å². The maximum atomic E-state index is 15.2. The van der Waals surface area contributed by atoms with Crippen LogP contribution >= 0.6 is 0 Å². The Balaban J connectivity index is 1.35. The lowest BCUT2D eigenvalue weighted by molar-refractivity contribution is -0.137. The Morgan fingerprint density at radius 1 is 1.00 bits per heavy atom. The molecule has 0 spiro atoms. The number of carbonyl (C=O) groups is 3. The zero-order valence-corrected chi connectivity index (χ0v) is 23.0. The molecule has 0 atom stereocenters. The van der Waals surface area contributed by atoms with E-state index in [-0.39, 0.29) is 36.2 Å². The van der Waals surface area contributed by atoms with E-state index in [0.29, 0.717) is 67.1 Å². The van der Waals surface area contributed by atoms with Crippen molar-refractivity contribution in [2.24, 2.45) is 0 Å². The average molecular weight is 616 g/mol. The molecule has 2 aromatic heterocycles. The summed E-state index contributed by atoms with van der Waals surface area (Å²) in [5.41, 5.74) is 6.18. The Hall–Kier alpha value is -4.92. The number of ketones is 1. The predicted molar refractivity (Wildman–Crippen MR) is 151 cm³/mol. The highest BCUT2D eigenvalue weighted by molar-refractivity contribution is 6.00. The number of halogens is 5. The van der Waals surface area contributed by atoms with Gasteiger partial charge in [-0.1, -0.05) is 6.07 Å². The molecule has 0 saturated carbocycles. The van der Waals surface area contributed by atoms with Crippen LogP contribution in [0.2, 0.25) is 0 Å². The van der Waals surface area contributed by atoms with Gasteiger partial charge in [-0.25, -0.2) is 23.1 Å². The van der Waals surface area contributed by atoms with Gasteiger partial charge in [0.25, 0.3) is 0 Å². The van der Waals surface area contributed by atoms with Gasteiger partial charge in [-0.3, -0.25) is 9.69 Å². The Labute approximate surface area is 247 Å². The fourth-order valence-electron chi connectivity index (χ4n) is 5.25. The fourth-order valence-corrected chi connectivity index (χ4v) is 5.25. The molecule has 4 aromatic rings. The van der Waals surface area contributed by atoms with Crippen LogP contribution in [0.3, 0.4) is 0 Å². The van der Waals surface area contributed by atoms with Crippen molar-refractivity contribution in [2.45, 2.75) is 31.4 Å². The first-order chi connectivity index (χ1) is 20.9. The van der Waals surface area contributed by atoms with Gasteiger partial charge in [-0.15, -0.1) is 0 Å². The highest BCUT2D eigenvalue weighted by Crippen LogP contribution is 2.37. The number of piperidine rings is 1. The predicted octanol–water partition coefficient (Wildman–Crippen LogP) is 5.26. The molecule has 44 heavy (non-hydrogen) atoms. The highest BCUT2D eigenvalue weighted by atomic mass is 19.4. The second-order valence-electron chi connectivity index (χ2n) is 10.3. The van der Waals surface area contributed by atoms with Crippen molar-refractivity contribution >= 4 is 40.8 Å². The topological polar surface area (TPSA) is 135 Å². The van der Waals surface area contributed by atoms with Crippen molar-refractivity contribution < 1.29 is 36.3 Å². The van der Waals surface area contributed by atoms with Crippen LogP contribution in [-0.4, -0.2) is 57.2 Å². The number of anilines is 3. The number of nitrogen functional groups attached to an aromatic ring is 1. The number of nitrogens with zero attached hydrogens (tertiary/aromatic N) is 4. The van der Waals surface area contributed by atoms with Crippen LogP contribution in [0.5, 0.6) is 0 Å². The molecule has 0 unspecified atom stereocenters. The molecule has 0 radical (unpaired) electrons. The van der Waals surface area contributed by atoms with Gasteiger partial charge in [-0.2, -0.15) is 18.3 Å². The summed E-state index contributed by atoms with van der Waals surface area (Å²) < 4.78 is 69.8. The Morgan fingerprint density at radius 2 is 1.73 bits per heavy atom. The number of amides is 2. The van der Waals surface area contributed by atoms with E-state index in [1.54, 1.807) is 4.52 Å². The molecule has 15 heteroatoms. The van der Waals surface area contributed by atoms with Crippen molar-refractivity contribution in [1.29, 1.82) is 0 Å². The van der Waals surface area contributed by atoms with Gasteiger partial charge in [0.1, 0.15) is 29.8 Å². The second-order valence-corrected chi connectivity index (χ2v) is 10.3. The summed E-state index contributed by atoms with van der Waals surface area (Å²) in [4.78, 5) is 40.9. The second kappa shape index (κ2) is 12.4. The minimum absolute atomic E-state index is 0.0358. The molecular formula is C29H26F5N7O3. The van der Waals surface area contributed by atoms with E-state index in [1.807, 2.05) is 16.3 Å². The fraction of sp³-hybridized carbons (Fsp3) is 0.276. The molecule has 3 heterocycles. The zero-order chi connectivity index (χ0) is 31.6. The number of nitrogens with two attached hydrogens (primary N) is 1. The number of hydrogen-bond acceptors (Lipinski definition) is 7. The van der Waals surface area contributed by atoms with Crippen molar-refractivity contribution in [1.82, 2.24) is 19.5 Å². The number of likely N-dealkylation sites (tertiary alicyclic amines) is 1. The van der Waals surface area contributed by atoms with E-state index in [4.69, 9.17) is 5.73 Å². The number of aromatic nitrogens is 3. The minimum Gasteiger partial charge on any atom is -0.382 e. The molecule has 1 fully saturated rings. The third kappa shape index (κ3) is 6.51. The Kier molecular flexibility index (Phi) is 8.58. The molecule has 230 valence electrons. The highest BCUT2D eigenvalue weighted by Gasteiger charge is 2.31. The summed E-state index contributed by atoms with van der Waals surface area (Å²) in [6.07, 6.45) is -1.58. The van der Waals surface area contributed by atoms with Crippen molar-refractivity contribution in [3.05, 3.63) is 71.7 Å². The number of urea groups is 1. The van der Waals surface area contributed by atoms with Crippen LogP contribution in [0.25, 0.3) is 16.6 Å². The quantitative estimate of drug-likeness (QED) is 0.140. The van der Waals surface area contributed by atoms with Crippen LogP contribution in [0.15, 0.2) is 48.8 Å². The van der Waals surface area contributed by atoms with Crippen LogP contribution in [0, 0.1) is 11.6 Å².